The van der Waals surface area contributed by atoms with Crippen molar-refractivity contribution in [2.45, 2.75) is 85.2 Å². The predicted molar refractivity (Wildman–Crippen MR) is 138 cm³/mol. The van der Waals surface area contributed by atoms with E-state index in [-0.39, 0.29) is 25.1 Å². The van der Waals surface area contributed by atoms with Crippen molar-refractivity contribution in [2.75, 3.05) is 12.3 Å². The highest BCUT2D eigenvalue weighted by molar-refractivity contribution is 7.80. The molecule has 0 rings (SSSR count). The number of nitrogens with two attached hydrogens (primary N) is 1. The summed E-state index contributed by atoms with van der Waals surface area (Å²) in [5, 5.41) is 12.1. The minimum Gasteiger partial charge on any atom is -0.480 e. The van der Waals surface area contributed by atoms with Crippen molar-refractivity contribution < 1.29 is 24.3 Å². The quantitative estimate of drug-likeness (QED) is 0.193. The van der Waals surface area contributed by atoms with E-state index in [4.69, 9.17) is 5.73 Å². The van der Waals surface area contributed by atoms with Crippen LogP contribution in [0.5, 0.6) is 0 Å². The average Bonchev–Trinajstić information content (AvgIpc) is 2.72. The Morgan fingerprint density at radius 2 is 1.50 bits per heavy atom. The molecule has 4 N–H and O–H groups in total. The van der Waals surface area contributed by atoms with Crippen LogP contribution in [0.15, 0.2) is 34.9 Å². The van der Waals surface area contributed by atoms with Gasteiger partial charge in [-0.1, -0.05) is 34.9 Å². The second-order valence-corrected chi connectivity index (χ2v) is 9.11. The largest absolute Gasteiger partial charge is 0.480 e. The third-order valence-corrected chi connectivity index (χ3v) is 5.58. The summed E-state index contributed by atoms with van der Waals surface area (Å²) in [5.74, 6) is -2.94. The number of thiol groups is 1. The standard InChI is InChI=1S/C25H41N3O5S/c1-17(2)8-6-9-18(3)10-7-11-19(4)14-15-28(22(16-34)25(32)33)24(31)21(27-20(5)29)12-13-23(26)30/h8,10,14,21-22,34H,6-7,9,11-13,15-16H2,1-5H3,(H2,26,30)(H,27,29)(H,32,33). The van der Waals surface area contributed by atoms with E-state index in [1.807, 2.05) is 13.0 Å². The molecule has 0 bridgehead atoms. The summed E-state index contributed by atoms with van der Waals surface area (Å²) in [5.41, 5.74) is 8.83. The number of allylic oxidation sites excluding steroid dienone is 5. The molecule has 2 unspecified atom stereocenters. The third kappa shape index (κ3) is 13.9. The number of nitrogens with one attached hydrogen (secondary N) is 1. The summed E-state index contributed by atoms with van der Waals surface area (Å²) in [6.07, 6.45) is 9.75. The van der Waals surface area contributed by atoms with E-state index in [2.05, 4.69) is 50.9 Å². The summed E-state index contributed by atoms with van der Waals surface area (Å²) in [6, 6.07) is -2.23. The molecule has 0 aromatic heterocycles. The van der Waals surface area contributed by atoms with Crippen LogP contribution in [0.1, 0.15) is 73.1 Å². The Labute approximate surface area is 209 Å². The Kier molecular flexibility index (Phi) is 15.7. The number of nitrogens with zero attached hydrogens (tertiary/aromatic N) is 1. The number of hydrogen-bond donors (Lipinski definition) is 4. The monoisotopic (exact) mass is 495 g/mol. The molecule has 192 valence electrons. The molecular weight excluding hydrogens is 454 g/mol. The molecule has 0 aliphatic heterocycles. The van der Waals surface area contributed by atoms with Crippen LogP contribution in [0.25, 0.3) is 0 Å². The van der Waals surface area contributed by atoms with Crippen LogP contribution in [0.4, 0.5) is 0 Å². The molecule has 0 spiro atoms. The Hall–Kier alpha value is -2.55. The van der Waals surface area contributed by atoms with Crippen LogP contribution in [0, 0.1) is 0 Å². The van der Waals surface area contributed by atoms with Crippen molar-refractivity contribution in [2.24, 2.45) is 5.73 Å². The van der Waals surface area contributed by atoms with Gasteiger partial charge in [-0.3, -0.25) is 14.4 Å². The van der Waals surface area contributed by atoms with Gasteiger partial charge >= 0.3 is 5.97 Å². The summed E-state index contributed by atoms with van der Waals surface area (Å²) in [7, 11) is 0. The van der Waals surface area contributed by atoms with E-state index in [9.17, 15) is 24.3 Å². The number of carboxylic acid groups (broad SMARTS) is 1. The molecule has 0 aromatic carbocycles. The van der Waals surface area contributed by atoms with Gasteiger partial charge in [0.25, 0.3) is 0 Å². The van der Waals surface area contributed by atoms with E-state index in [0.717, 1.165) is 31.3 Å². The van der Waals surface area contributed by atoms with Crippen LogP contribution in [-0.4, -0.2) is 58.1 Å². The molecule has 9 heteroatoms. The number of hydrogen-bond acceptors (Lipinski definition) is 5. The molecule has 3 amide bonds. The van der Waals surface area contributed by atoms with Gasteiger partial charge in [-0.05, 0) is 59.8 Å². The zero-order chi connectivity index (χ0) is 26.3. The van der Waals surface area contributed by atoms with Crippen molar-refractivity contribution in [3.63, 3.8) is 0 Å². The van der Waals surface area contributed by atoms with E-state index in [1.54, 1.807) is 0 Å². The Balaban J connectivity index is 5.39. The van der Waals surface area contributed by atoms with E-state index in [0.29, 0.717) is 0 Å². The van der Waals surface area contributed by atoms with Gasteiger partial charge < -0.3 is 21.1 Å². The zero-order valence-corrected chi connectivity index (χ0v) is 22.0. The summed E-state index contributed by atoms with van der Waals surface area (Å²) >= 11 is 4.11. The summed E-state index contributed by atoms with van der Waals surface area (Å²) in [4.78, 5) is 48.9. The second-order valence-electron chi connectivity index (χ2n) is 8.75. The van der Waals surface area contributed by atoms with Crippen molar-refractivity contribution in [1.29, 1.82) is 0 Å². The first-order chi connectivity index (χ1) is 15.9. The van der Waals surface area contributed by atoms with E-state index >= 15 is 0 Å². The molecule has 0 aromatic rings. The number of carbonyl (C=O) groups is 4. The molecule has 0 fully saturated rings. The number of rotatable bonds is 16. The van der Waals surface area contributed by atoms with Gasteiger partial charge in [0.2, 0.25) is 17.7 Å². The second kappa shape index (κ2) is 17.0. The molecular formula is C25H41N3O5S. The highest BCUT2D eigenvalue weighted by Crippen LogP contribution is 2.14. The minimum absolute atomic E-state index is 0.0112. The number of carbonyl (C=O) groups excluding carboxylic acids is 3. The van der Waals surface area contributed by atoms with Crippen LogP contribution in [0.3, 0.4) is 0 Å². The first-order valence-electron chi connectivity index (χ1n) is 11.5. The fourth-order valence-corrected chi connectivity index (χ4v) is 3.62. The highest BCUT2D eigenvalue weighted by atomic mass is 32.1. The average molecular weight is 496 g/mol. The smallest absolute Gasteiger partial charge is 0.327 e. The third-order valence-electron chi connectivity index (χ3n) is 5.23. The Bertz CT molecular complexity index is 800. The lowest BCUT2D eigenvalue weighted by molar-refractivity contribution is -0.150. The number of primary amides is 1. The van der Waals surface area contributed by atoms with Gasteiger partial charge in [-0.25, -0.2) is 4.79 Å². The SMILES string of the molecule is CC(=O)NC(CCC(N)=O)C(=O)N(CC=C(C)CCC=C(C)CCC=C(C)C)C(CS)C(=O)O. The van der Waals surface area contributed by atoms with Crippen LogP contribution >= 0.6 is 12.6 Å². The van der Waals surface area contributed by atoms with Gasteiger partial charge in [0, 0.05) is 25.6 Å². The fraction of sp³-hybridized carbons (Fsp3) is 0.600. The van der Waals surface area contributed by atoms with Crippen molar-refractivity contribution in [3.8, 4) is 0 Å². The molecule has 0 saturated heterocycles. The lowest BCUT2D eigenvalue weighted by Gasteiger charge is -2.31. The molecule has 2 atom stereocenters. The maximum atomic E-state index is 13.2. The molecule has 0 aliphatic rings. The van der Waals surface area contributed by atoms with E-state index < -0.39 is 35.8 Å². The number of aliphatic carboxylic acids is 1. The van der Waals surface area contributed by atoms with E-state index in [1.165, 1.54) is 23.0 Å². The molecule has 0 saturated carbocycles. The first-order valence-corrected chi connectivity index (χ1v) is 12.2. The normalized spacial score (nSPS) is 13.6. The topological polar surface area (TPSA) is 130 Å². The lowest BCUT2D eigenvalue weighted by atomic mass is 10.1. The van der Waals surface area contributed by atoms with Gasteiger partial charge in [0.15, 0.2) is 0 Å². The number of carboxylic acids is 1. The Morgan fingerprint density at radius 3 is 1.97 bits per heavy atom. The molecule has 0 heterocycles. The molecule has 0 aliphatic carbocycles. The van der Waals surface area contributed by atoms with Crippen LogP contribution in [0.2, 0.25) is 0 Å². The lowest BCUT2D eigenvalue weighted by Crippen LogP contribution is -2.54. The van der Waals surface area contributed by atoms with Crippen molar-refractivity contribution in [1.82, 2.24) is 10.2 Å². The highest BCUT2D eigenvalue weighted by Gasteiger charge is 2.33. The minimum atomic E-state index is -1.19. The molecule has 34 heavy (non-hydrogen) atoms. The molecule has 8 nitrogen and oxygen atoms in total. The van der Waals surface area contributed by atoms with Gasteiger partial charge in [0.1, 0.15) is 12.1 Å². The summed E-state index contributed by atoms with van der Waals surface area (Å²) < 4.78 is 0. The number of amides is 3. The van der Waals surface area contributed by atoms with Gasteiger partial charge in [-0.15, -0.1) is 0 Å². The molecule has 0 radical (unpaired) electrons. The zero-order valence-electron chi connectivity index (χ0n) is 21.1. The van der Waals surface area contributed by atoms with Crippen LogP contribution < -0.4 is 11.1 Å². The van der Waals surface area contributed by atoms with Crippen molar-refractivity contribution >= 4 is 36.3 Å². The maximum absolute atomic E-state index is 13.2. The first kappa shape index (κ1) is 31.4. The Morgan fingerprint density at radius 1 is 0.941 bits per heavy atom. The predicted octanol–water partition coefficient (Wildman–Crippen LogP) is 3.39. The summed E-state index contributed by atoms with van der Waals surface area (Å²) in [6.45, 7) is 9.51. The van der Waals surface area contributed by atoms with Gasteiger partial charge in [0.05, 0.1) is 0 Å². The van der Waals surface area contributed by atoms with Gasteiger partial charge in [-0.2, -0.15) is 12.6 Å². The van der Waals surface area contributed by atoms with Crippen LogP contribution in [-0.2, 0) is 19.2 Å². The maximum Gasteiger partial charge on any atom is 0.327 e. The fourth-order valence-electron chi connectivity index (χ4n) is 3.26. The van der Waals surface area contributed by atoms with Crippen molar-refractivity contribution in [3.05, 3.63) is 34.9 Å².